The number of halogens is 1. The van der Waals surface area contributed by atoms with E-state index in [1.807, 2.05) is 30.3 Å². The van der Waals surface area contributed by atoms with E-state index in [0.29, 0.717) is 11.1 Å². The Balaban J connectivity index is 1.84. The molecule has 3 rings (SSSR count). The van der Waals surface area contributed by atoms with E-state index in [0.717, 1.165) is 42.9 Å². The Morgan fingerprint density at radius 1 is 1.32 bits per heavy atom. The number of benzene rings is 1. The standard InChI is InChI=1S/C18H21ClN4O2/c1-24-21-11-13-4-2-6-15(10-13)25-18(14-5-3-9-20-12-14)16-7-8-17(19)23-22-16/h2,4,6-8,10-11,14,18,20H,3,5,9,12H2,1H3. The van der Waals surface area contributed by atoms with Crippen molar-refractivity contribution < 1.29 is 9.57 Å². The molecule has 1 saturated heterocycles. The van der Waals surface area contributed by atoms with Crippen molar-refractivity contribution in [2.24, 2.45) is 11.1 Å². The molecule has 1 N–H and O–H groups in total. The average Bonchev–Trinajstić information content (AvgIpc) is 2.66. The van der Waals surface area contributed by atoms with Gasteiger partial charge in [0.2, 0.25) is 0 Å². The lowest BCUT2D eigenvalue weighted by atomic mass is 9.91. The molecule has 1 aromatic heterocycles. The first-order valence-corrected chi connectivity index (χ1v) is 8.67. The van der Waals surface area contributed by atoms with Gasteiger partial charge in [-0.1, -0.05) is 28.9 Å². The van der Waals surface area contributed by atoms with Crippen LogP contribution in [-0.4, -0.2) is 36.6 Å². The van der Waals surface area contributed by atoms with Crippen LogP contribution in [0.15, 0.2) is 41.6 Å². The van der Waals surface area contributed by atoms with Gasteiger partial charge in [0.05, 0.1) is 6.21 Å². The summed E-state index contributed by atoms with van der Waals surface area (Å²) in [4.78, 5) is 4.73. The van der Waals surface area contributed by atoms with Crippen molar-refractivity contribution >= 4 is 17.8 Å². The molecule has 2 unspecified atom stereocenters. The maximum atomic E-state index is 6.31. The van der Waals surface area contributed by atoms with Crippen LogP contribution in [0.2, 0.25) is 5.15 Å². The highest BCUT2D eigenvalue weighted by Gasteiger charge is 2.28. The molecule has 25 heavy (non-hydrogen) atoms. The number of hydrogen-bond acceptors (Lipinski definition) is 6. The predicted octanol–water partition coefficient (Wildman–Crippen LogP) is 3.23. The third kappa shape index (κ3) is 4.90. The molecule has 2 aromatic rings. The first kappa shape index (κ1) is 17.6. The fourth-order valence-corrected chi connectivity index (χ4v) is 3.04. The van der Waals surface area contributed by atoms with Crippen LogP contribution in [-0.2, 0) is 4.84 Å². The molecule has 0 spiro atoms. The van der Waals surface area contributed by atoms with E-state index in [-0.39, 0.29) is 6.10 Å². The zero-order valence-electron chi connectivity index (χ0n) is 14.1. The molecule has 1 aliphatic rings. The van der Waals surface area contributed by atoms with Crippen LogP contribution in [0.3, 0.4) is 0 Å². The fourth-order valence-electron chi connectivity index (χ4n) is 2.94. The molecule has 1 fully saturated rings. The minimum Gasteiger partial charge on any atom is -0.484 e. The van der Waals surface area contributed by atoms with Gasteiger partial charge in [-0.2, -0.15) is 5.10 Å². The number of ether oxygens (including phenoxy) is 1. The Hall–Kier alpha value is -2.18. The van der Waals surface area contributed by atoms with Crippen LogP contribution in [0.5, 0.6) is 5.75 Å². The van der Waals surface area contributed by atoms with Crippen molar-refractivity contribution in [3.05, 3.63) is 52.8 Å². The highest BCUT2D eigenvalue weighted by atomic mass is 35.5. The highest BCUT2D eigenvalue weighted by Crippen LogP contribution is 2.31. The Morgan fingerprint density at radius 3 is 2.96 bits per heavy atom. The molecule has 0 aliphatic carbocycles. The van der Waals surface area contributed by atoms with E-state index < -0.39 is 0 Å². The Kier molecular flexibility index (Phi) is 6.19. The van der Waals surface area contributed by atoms with Crippen LogP contribution in [0.1, 0.15) is 30.2 Å². The molecule has 1 aromatic carbocycles. The lowest BCUT2D eigenvalue weighted by Crippen LogP contribution is -2.35. The molecule has 2 atom stereocenters. The van der Waals surface area contributed by atoms with Gasteiger partial charge in [-0.25, -0.2) is 0 Å². The van der Waals surface area contributed by atoms with Crippen molar-refractivity contribution in [2.75, 3.05) is 20.2 Å². The molecule has 0 saturated carbocycles. The lowest BCUT2D eigenvalue weighted by molar-refractivity contribution is 0.111. The number of hydrogen-bond donors (Lipinski definition) is 1. The summed E-state index contributed by atoms with van der Waals surface area (Å²) >= 11 is 5.88. The lowest BCUT2D eigenvalue weighted by Gasteiger charge is -2.30. The molecule has 0 bridgehead atoms. The number of nitrogens with one attached hydrogen (secondary N) is 1. The van der Waals surface area contributed by atoms with E-state index in [9.17, 15) is 0 Å². The van der Waals surface area contributed by atoms with Crippen LogP contribution >= 0.6 is 11.6 Å². The second-order valence-electron chi connectivity index (χ2n) is 5.92. The predicted molar refractivity (Wildman–Crippen MR) is 97.0 cm³/mol. The largest absolute Gasteiger partial charge is 0.484 e. The van der Waals surface area contributed by atoms with Crippen LogP contribution in [0.25, 0.3) is 0 Å². The molecule has 2 heterocycles. The van der Waals surface area contributed by atoms with E-state index in [4.69, 9.17) is 21.2 Å². The molecule has 0 amide bonds. The van der Waals surface area contributed by atoms with Crippen molar-refractivity contribution in [3.63, 3.8) is 0 Å². The summed E-state index contributed by atoms with van der Waals surface area (Å²) in [6.45, 7) is 1.93. The minimum atomic E-state index is -0.188. The second kappa shape index (κ2) is 8.78. The maximum absolute atomic E-state index is 6.31. The second-order valence-corrected chi connectivity index (χ2v) is 6.30. The van der Waals surface area contributed by atoms with E-state index in [1.54, 1.807) is 12.3 Å². The van der Waals surface area contributed by atoms with Gasteiger partial charge >= 0.3 is 0 Å². The van der Waals surface area contributed by atoms with Crippen molar-refractivity contribution in [1.29, 1.82) is 0 Å². The first-order chi connectivity index (χ1) is 12.3. The zero-order chi connectivity index (χ0) is 17.5. The summed E-state index contributed by atoms with van der Waals surface area (Å²) in [6, 6.07) is 11.3. The Bertz CT molecular complexity index is 702. The van der Waals surface area contributed by atoms with E-state index >= 15 is 0 Å². The van der Waals surface area contributed by atoms with Crippen molar-refractivity contribution in [3.8, 4) is 5.75 Å². The van der Waals surface area contributed by atoms with Gasteiger partial charge in [0.15, 0.2) is 5.15 Å². The molecule has 7 heteroatoms. The maximum Gasteiger partial charge on any atom is 0.151 e. The SMILES string of the molecule is CON=Cc1cccc(OC(c2ccc(Cl)nn2)C2CCCNC2)c1. The van der Waals surface area contributed by atoms with E-state index in [1.165, 1.54) is 7.11 Å². The Labute approximate surface area is 152 Å². The highest BCUT2D eigenvalue weighted by molar-refractivity contribution is 6.29. The van der Waals surface area contributed by atoms with Gasteiger partial charge in [-0.15, -0.1) is 5.10 Å². The van der Waals surface area contributed by atoms with Crippen LogP contribution in [0, 0.1) is 5.92 Å². The summed E-state index contributed by atoms with van der Waals surface area (Å²) in [5, 5.41) is 15.8. The number of piperidine rings is 1. The van der Waals surface area contributed by atoms with Crippen LogP contribution < -0.4 is 10.1 Å². The summed E-state index contributed by atoms with van der Waals surface area (Å²) < 4.78 is 6.31. The van der Waals surface area contributed by atoms with Crippen LogP contribution in [0.4, 0.5) is 0 Å². The van der Waals surface area contributed by atoms with Crippen molar-refractivity contribution in [1.82, 2.24) is 15.5 Å². The topological polar surface area (TPSA) is 68.6 Å². The quantitative estimate of drug-likeness (QED) is 0.632. The summed E-state index contributed by atoms with van der Waals surface area (Å²) in [5.74, 6) is 1.08. The van der Waals surface area contributed by atoms with Gasteiger partial charge in [-0.05, 0) is 49.2 Å². The monoisotopic (exact) mass is 360 g/mol. The molecular weight excluding hydrogens is 340 g/mol. The van der Waals surface area contributed by atoms with E-state index in [2.05, 4.69) is 20.7 Å². The van der Waals surface area contributed by atoms with Gasteiger partial charge in [0.1, 0.15) is 24.7 Å². The van der Waals surface area contributed by atoms with Gasteiger partial charge < -0.3 is 14.9 Å². The number of rotatable bonds is 6. The minimum absolute atomic E-state index is 0.188. The summed E-state index contributed by atoms with van der Waals surface area (Å²) in [5.41, 5.74) is 1.69. The number of oxime groups is 1. The third-order valence-electron chi connectivity index (χ3n) is 4.14. The molecule has 0 radical (unpaired) electrons. The fraction of sp³-hybridized carbons (Fsp3) is 0.389. The molecular formula is C18H21ClN4O2. The normalized spacial score (nSPS) is 18.9. The third-order valence-corrected chi connectivity index (χ3v) is 4.34. The van der Waals surface area contributed by atoms with Gasteiger partial charge in [0.25, 0.3) is 0 Å². The Morgan fingerprint density at radius 2 is 2.24 bits per heavy atom. The zero-order valence-corrected chi connectivity index (χ0v) is 14.8. The summed E-state index contributed by atoms with van der Waals surface area (Å²) in [7, 11) is 1.52. The molecule has 1 aliphatic heterocycles. The smallest absolute Gasteiger partial charge is 0.151 e. The number of nitrogens with zero attached hydrogens (tertiary/aromatic N) is 3. The molecule has 132 valence electrons. The first-order valence-electron chi connectivity index (χ1n) is 8.29. The number of aromatic nitrogens is 2. The van der Waals surface area contributed by atoms with Gasteiger partial charge in [0, 0.05) is 12.5 Å². The average molecular weight is 361 g/mol. The van der Waals surface area contributed by atoms with Crippen molar-refractivity contribution in [2.45, 2.75) is 18.9 Å². The summed E-state index contributed by atoms with van der Waals surface area (Å²) in [6.07, 6.45) is 3.65. The molecule has 6 nitrogen and oxygen atoms in total. The van der Waals surface area contributed by atoms with Gasteiger partial charge in [-0.3, -0.25) is 0 Å².